The van der Waals surface area contributed by atoms with Crippen molar-refractivity contribution in [2.45, 2.75) is 58.9 Å². The van der Waals surface area contributed by atoms with Gasteiger partial charge in [-0.15, -0.1) is 0 Å². The molecule has 0 aliphatic rings. The Morgan fingerprint density at radius 1 is 1.40 bits per heavy atom. The molecule has 1 aromatic heterocycles. The van der Waals surface area contributed by atoms with Crippen LogP contribution < -0.4 is 0 Å². The molecule has 1 aromatic rings. The highest BCUT2D eigenvalue weighted by Gasteiger charge is 2.24. The van der Waals surface area contributed by atoms with Gasteiger partial charge >= 0.3 is 0 Å². The van der Waals surface area contributed by atoms with Crippen molar-refractivity contribution in [2.75, 3.05) is 0 Å². The SMILES string of the molecule is CCCCn1c(C(C)(C)CC)n[nH]c1=S. The van der Waals surface area contributed by atoms with Gasteiger partial charge in [0.25, 0.3) is 0 Å². The highest BCUT2D eigenvalue weighted by atomic mass is 32.1. The lowest BCUT2D eigenvalue weighted by Crippen LogP contribution is -2.22. The van der Waals surface area contributed by atoms with Gasteiger partial charge in [-0.05, 0) is 25.1 Å². The maximum absolute atomic E-state index is 5.25. The average molecular weight is 227 g/mol. The van der Waals surface area contributed by atoms with Crippen molar-refractivity contribution in [1.29, 1.82) is 0 Å². The average Bonchev–Trinajstić information content (AvgIpc) is 2.57. The van der Waals surface area contributed by atoms with E-state index in [9.17, 15) is 0 Å². The van der Waals surface area contributed by atoms with Crippen molar-refractivity contribution in [1.82, 2.24) is 14.8 Å². The van der Waals surface area contributed by atoms with E-state index in [2.05, 4.69) is 42.5 Å². The van der Waals surface area contributed by atoms with Crippen LogP contribution in [0.2, 0.25) is 0 Å². The molecule has 0 spiro atoms. The minimum atomic E-state index is 0.0985. The van der Waals surface area contributed by atoms with Crippen LogP contribution in [0.4, 0.5) is 0 Å². The zero-order valence-electron chi connectivity index (χ0n) is 10.1. The lowest BCUT2D eigenvalue weighted by molar-refractivity contribution is 0.436. The third kappa shape index (κ3) is 2.68. The summed E-state index contributed by atoms with van der Waals surface area (Å²) in [4.78, 5) is 0. The Hall–Kier alpha value is -0.640. The zero-order chi connectivity index (χ0) is 11.5. The molecule has 0 bridgehead atoms. The largest absolute Gasteiger partial charge is 0.304 e. The van der Waals surface area contributed by atoms with Gasteiger partial charge in [-0.2, -0.15) is 5.10 Å². The van der Waals surface area contributed by atoms with Crippen molar-refractivity contribution >= 4 is 12.2 Å². The van der Waals surface area contributed by atoms with Gasteiger partial charge in [-0.25, -0.2) is 0 Å². The van der Waals surface area contributed by atoms with Crippen LogP contribution in [0.3, 0.4) is 0 Å². The monoisotopic (exact) mass is 227 g/mol. The summed E-state index contributed by atoms with van der Waals surface area (Å²) < 4.78 is 2.89. The zero-order valence-corrected chi connectivity index (χ0v) is 10.9. The first-order valence-electron chi connectivity index (χ1n) is 5.68. The molecule has 0 saturated heterocycles. The molecule has 0 radical (unpaired) electrons. The highest BCUT2D eigenvalue weighted by Crippen LogP contribution is 2.25. The molecule has 0 aromatic carbocycles. The van der Waals surface area contributed by atoms with Gasteiger partial charge < -0.3 is 4.57 Å². The summed E-state index contributed by atoms with van der Waals surface area (Å²) in [6.45, 7) is 9.77. The quantitative estimate of drug-likeness (QED) is 0.782. The minimum absolute atomic E-state index is 0.0985. The fourth-order valence-corrected chi connectivity index (χ4v) is 1.74. The Labute approximate surface area is 96.9 Å². The number of aromatic nitrogens is 3. The second-order valence-electron chi connectivity index (χ2n) is 4.59. The Bertz CT molecular complexity index is 362. The van der Waals surface area contributed by atoms with Gasteiger partial charge in [0.2, 0.25) is 0 Å². The van der Waals surface area contributed by atoms with Gasteiger partial charge in [-0.1, -0.05) is 34.1 Å². The Balaban J connectivity index is 3.03. The smallest absolute Gasteiger partial charge is 0.195 e. The number of aromatic amines is 1. The molecule has 3 nitrogen and oxygen atoms in total. The molecule has 4 heteroatoms. The summed E-state index contributed by atoms with van der Waals surface area (Å²) in [7, 11) is 0. The predicted molar refractivity (Wildman–Crippen MR) is 65.6 cm³/mol. The van der Waals surface area contributed by atoms with Crippen LogP contribution >= 0.6 is 12.2 Å². The number of nitrogens with one attached hydrogen (secondary N) is 1. The fraction of sp³-hybridized carbons (Fsp3) is 0.818. The van der Waals surface area contributed by atoms with Crippen LogP contribution in [0.25, 0.3) is 0 Å². The van der Waals surface area contributed by atoms with E-state index in [4.69, 9.17) is 12.2 Å². The first-order valence-corrected chi connectivity index (χ1v) is 6.09. The first-order chi connectivity index (χ1) is 7.03. The maximum Gasteiger partial charge on any atom is 0.195 e. The predicted octanol–water partition coefficient (Wildman–Crippen LogP) is 3.43. The van der Waals surface area contributed by atoms with E-state index in [0.717, 1.165) is 30.0 Å². The molecule has 0 aliphatic carbocycles. The van der Waals surface area contributed by atoms with Crippen molar-refractivity contribution in [3.8, 4) is 0 Å². The number of hydrogen-bond acceptors (Lipinski definition) is 2. The molecule has 0 saturated carbocycles. The van der Waals surface area contributed by atoms with E-state index in [1.165, 1.54) is 6.42 Å². The van der Waals surface area contributed by atoms with Crippen LogP contribution in [0.1, 0.15) is 52.8 Å². The van der Waals surface area contributed by atoms with E-state index >= 15 is 0 Å². The number of unbranched alkanes of at least 4 members (excludes halogenated alkanes) is 1. The fourth-order valence-electron chi connectivity index (χ4n) is 1.52. The van der Waals surface area contributed by atoms with Gasteiger partial charge in [0, 0.05) is 12.0 Å². The Morgan fingerprint density at radius 2 is 2.07 bits per heavy atom. The summed E-state index contributed by atoms with van der Waals surface area (Å²) in [5.74, 6) is 1.09. The topological polar surface area (TPSA) is 33.6 Å². The van der Waals surface area contributed by atoms with E-state index < -0.39 is 0 Å². The van der Waals surface area contributed by atoms with Crippen LogP contribution in [-0.2, 0) is 12.0 Å². The summed E-state index contributed by atoms with van der Waals surface area (Å²) in [5, 5.41) is 7.26. The Kier molecular flexibility index (Phi) is 4.08. The number of hydrogen-bond donors (Lipinski definition) is 1. The normalized spacial score (nSPS) is 12.0. The first kappa shape index (κ1) is 12.4. The molecule has 86 valence electrons. The number of rotatable bonds is 5. The van der Waals surface area contributed by atoms with E-state index in [0.29, 0.717) is 0 Å². The number of H-pyrrole nitrogens is 1. The molecule has 0 atom stereocenters. The standard InChI is InChI=1S/C11H21N3S/c1-5-7-8-14-9(11(3,4)6-2)12-13-10(14)15/h5-8H2,1-4H3,(H,13,15). The maximum atomic E-state index is 5.25. The van der Waals surface area contributed by atoms with Crippen LogP contribution in [0.5, 0.6) is 0 Å². The van der Waals surface area contributed by atoms with Gasteiger partial charge in [-0.3, -0.25) is 5.10 Å². The van der Waals surface area contributed by atoms with E-state index in [-0.39, 0.29) is 5.41 Å². The molecular weight excluding hydrogens is 206 g/mol. The van der Waals surface area contributed by atoms with Gasteiger partial charge in [0.05, 0.1) is 0 Å². The summed E-state index contributed by atoms with van der Waals surface area (Å²) in [5.41, 5.74) is 0.0985. The highest BCUT2D eigenvalue weighted by molar-refractivity contribution is 7.71. The van der Waals surface area contributed by atoms with Crippen molar-refractivity contribution < 1.29 is 0 Å². The molecule has 0 unspecified atom stereocenters. The lowest BCUT2D eigenvalue weighted by Gasteiger charge is -2.22. The summed E-state index contributed by atoms with van der Waals surface area (Å²) in [6, 6.07) is 0. The molecule has 0 fully saturated rings. The van der Waals surface area contributed by atoms with Crippen molar-refractivity contribution in [3.05, 3.63) is 10.6 Å². The van der Waals surface area contributed by atoms with E-state index in [1.807, 2.05) is 0 Å². The molecule has 0 aliphatic heterocycles. The third-order valence-electron chi connectivity index (χ3n) is 2.98. The molecular formula is C11H21N3S. The third-order valence-corrected chi connectivity index (χ3v) is 3.29. The van der Waals surface area contributed by atoms with Gasteiger partial charge in [0.1, 0.15) is 5.82 Å². The number of nitrogens with zero attached hydrogens (tertiary/aromatic N) is 2. The second-order valence-corrected chi connectivity index (χ2v) is 4.98. The van der Waals surface area contributed by atoms with Crippen molar-refractivity contribution in [2.24, 2.45) is 0 Å². The molecule has 1 N–H and O–H groups in total. The molecule has 0 amide bonds. The van der Waals surface area contributed by atoms with E-state index in [1.54, 1.807) is 0 Å². The van der Waals surface area contributed by atoms with Crippen LogP contribution in [-0.4, -0.2) is 14.8 Å². The molecule has 1 rings (SSSR count). The van der Waals surface area contributed by atoms with Crippen molar-refractivity contribution in [3.63, 3.8) is 0 Å². The van der Waals surface area contributed by atoms with Crippen LogP contribution in [0.15, 0.2) is 0 Å². The van der Waals surface area contributed by atoms with Crippen LogP contribution in [0, 0.1) is 4.77 Å². The second kappa shape index (κ2) is 4.92. The summed E-state index contributed by atoms with van der Waals surface area (Å²) in [6.07, 6.45) is 3.40. The molecule has 1 heterocycles. The molecule has 15 heavy (non-hydrogen) atoms. The Morgan fingerprint density at radius 3 is 2.60 bits per heavy atom. The van der Waals surface area contributed by atoms with Gasteiger partial charge in [0.15, 0.2) is 4.77 Å². The minimum Gasteiger partial charge on any atom is -0.304 e. The summed E-state index contributed by atoms with van der Waals surface area (Å²) >= 11 is 5.25. The lowest BCUT2D eigenvalue weighted by atomic mass is 9.89.